The van der Waals surface area contributed by atoms with Gasteiger partial charge >= 0.3 is 0 Å². The van der Waals surface area contributed by atoms with Crippen molar-refractivity contribution in [3.8, 4) is 11.1 Å². The fourth-order valence-corrected chi connectivity index (χ4v) is 6.45. The van der Waals surface area contributed by atoms with Crippen molar-refractivity contribution in [2.45, 2.75) is 12.5 Å². The Labute approximate surface area is 222 Å². The molecule has 0 amide bonds. The van der Waals surface area contributed by atoms with Crippen molar-refractivity contribution < 1.29 is 0 Å². The molecule has 0 fully saturated rings. The third-order valence-electron chi connectivity index (χ3n) is 8.10. The molecule has 8 rings (SSSR count). The summed E-state index contributed by atoms with van der Waals surface area (Å²) < 4.78 is 2.47. The van der Waals surface area contributed by atoms with Crippen molar-refractivity contribution in [1.29, 1.82) is 0 Å². The number of hydrogen-bond donors (Lipinski definition) is 0. The smallest absolute Gasteiger partial charge is 0.0653 e. The summed E-state index contributed by atoms with van der Waals surface area (Å²) in [5, 5.41) is 2.61. The van der Waals surface area contributed by atoms with Gasteiger partial charge in [-0.2, -0.15) is 0 Å². The Balaban J connectivity index is 1.29. The molecular formula is C36H26N2. The predicted octanol–water partition coefficient (Wildman–Crippen LogP) is 9.31. The van der Waals surface area contributed by atoms with Gasteiger partial charge in [0.1, 0.15) is 0 Å². The molecule has 1 unspecified atom stereocenters. The van der Waals surface area contributed by atoms with Gasteiger partial charge in [0.25, 0.3) is 0 Å². The molecule has 2 heteroatoms. The Kier molecular flexibility index (Phi) is 4.68. The van der Waals surface area contributed by atoms with Gasteiger partial charge in [-0.05, 0) is 53.1 Å². The van der Waals surface area contributed by atoms with Crippen molar-refractivity contribution in [1.82, 2.24) is 4.57 Å². The van der Waals surface area contributed by atoms with Crippen molar-refractivity contribution in [2.24, 2.45) is 0 Å². The molecule has 0 spiro atoms. The van der Waals surface area contributed by atoms with Crippen LogP contribution in [0.3, 0.4) is 0 Å². The molecule has 1 aliphatic heterocycles. The van der Waals surface area contributed by atoms with Gasteiger partial charge in [-0.3, -0.25) is 0 Å². The van der Waals surface area contributed by atoms with Crippen LogP contribution in [-0.4, -0.2) is 10.6 Å². The van der Waals surface area contributed by atoms with Crippen molar-refractivity contribution >= 4 is 44.5 Å². The van der Waals surface area contributed by atoms with E-state index in [0.29, 0.717) is 0 Å². The quantitative estimate of drug-likeness (QED) is 0.242. The number of para-hydroxylation sites is 3. The van der Waals surface area contributed by atoms with Crippen LogP contribution in [0.15, 0.2) is 140 Å². The zero-order valence-corrected chi connectivity index (χ0v) is 21.0. The lowest BCUT2D eigenvalue weighted by atomic mass is 9.93. The first-order chi connectivity index (χ1) is 18.9. The van der Waals surface area contributed by atoms with Crippen LogP contribution in [0.2, 0.25) is 0 Å². The highest BCUT2D eigenvalue weighted by molar-refractivity contribution is 6.10. The summed E-state index contributed by atoms with van der Waals surface area (Å²) in [6, 6.07) is 46.3. The molecule has 0 radical (unpaired) electrons. The summed E-state index contributed by atoms with van der Waals surface area (Å²) in [7, 11) is 0. The van der Waals surface area contributed by atoms with Crippen LogP contribution in [0.25, 0.3) is 44.2 Å². The largest absolute Gasteiger partial charge is 0.333 e. The Morgan fingerprint density at radius 3 is 2.00 bits per heavy atom. The minimum Gasteiger partial charge on any atom is -0.333 e. The second-order valence-corrected chi connectivity index (χ2v) is 10.2. The molecule has 0 N–H and O–H groups in total. The molecule has 180 valence electrons. The second-order valence-electron chi connectivity index (χ2n) is 10.2. The summed E-state index contributed by atoms with van der Waals surface area (Å²) in [5.74, 6) is 0. The molecule has 0 saturated carbocycles. The number of anilines is 2. The average molecular weight is 487 g/mol. The Morgan fingerprint density at radius 1 is 0.553 bits per heavy atom. The second kappa shape index (κ2) is 8.36. The number of benzene rings is 5. The van der Waals surface area contributed by atoms with Crippen LogP contribution >= 0.6 is 0 Å². The minimum absolute atomic E-state index is 0.235. The first kappa shape index (κ1) is 21.3. The van der Waals surface area contributed by atoms with Crippen molar-refractivity contribution in [3.63, 3.8) is 0 Å². The van der Waals surface area contributed by atoms with E-state index >= 15 is 0 Å². The normalized spacial score (nSPS) is 16.3. The zero-order valence-electron chi connectivity index (χ0n) is 21.0. The van der Waals surface area contributed by atoms with E-state index in [9.17, 15) is 0 Å². The van der Waals surface area contributed by atoms with Crippen LogP contribution in [-0.2, 0) is 0 Å². The third kappa shape index (κ3) is 3.13. The van der Waals surface area contributed by atoms with Crippen LogP contribution in [0.4, 0.5) is 11.4 Å². The van der Waals surface area contributed by atoms with E-state index in [1.54, 1.807) is 0 Å². The van der Waals surface area contributed by atoms with Gasteiger partial charge in [0.05, 0.1) is 17.1 Å². The molecule has 2 aliphatic rings. The fraction of sp³-hybridized carbons (Fsp3) is 0.0556. The molecule has 2 nitrogen and oxygen atoms in total. The fourth-order valence-electron chi connectivity index (χ4n) is 6.45. The highest BCUT2D eigenvalue weighted by atomic mass is 15.2. The molecule has 1 aliphatic carbocycles. The Morgan fingerprint density at radius 2 is 1.21 bits per heavy atom. The molecule has 2 heterocycles. The van der Waals surface area contributed by atoms with E-state index in [0.717, 1.165) is 6.42 Å². The first-order valence-electron chi connectivity index (χ1n) is 13.3. The molecule has 1 atom stereocenters. The third-order valence-corrected chi connectivity index (χ3v) is 8.10. The average Bonchev–Trinajstić information content (AvgIpc) is 3.50. The molecule has 5 aromatic carbocycles. The van der Waals surface area contributed by atoms with Crippen LogP contribution in [0.5, 0.6) is 0 Å². The first-order valence-corrected chi connectivity index (χ1v) is 13.3. The van der Waals surface area contributed by atoms with E-state index in [-0.39, 0.29) is 6.04 Å². The summed E-state index contributed by atoms with van der Waals surface area (Å²) in [5.41, 5.74) is 11.6. The lowest BCUT2D eigenvalue weighted by molar-refractivity contribution is 0.817. The number of aromatic nitrogens is 1. The van der Waals surface area contributed by atoms with E-state index in [4.69, 9.17) is 0 Å². The van der Waals surface area contributed by atoms with Crippen molar-refractivity contribution in [2.75, 3.05) is 4.90 Å². The highest BCUT2D eigenvalue weighted by Gasteiger charge is 2.37. The summed E-state index contributed by atoms with van der Waals surface area (Å²) in [6.07, 6.45) is 5.62. The molecule has 6 aromatic rings. The predicted molar refractivity (Wildman–Crippen MR) is 161 cm³/mol. The van der Waals surface area contributed by atoms with Gasteiger partial charge in [0.15, 0.2) is 0 Å². The van der Waals surface area contributed by atoms with Gasteiger partial charge in [0, 0.05) is 39.8 Å². The van der Waals surface area contributed by atoms with Gasteiger partial charge in [-0.25, -0.2) is 0 Å². The van der Waals surface area contributed by atoms with E-state index < -0.39 is 0 Å². The molecule has 38 heavy (non-hydrogen) atoms. The maximum Gasteiger partial charge on any atom is 0.0653 e. The van der Waals surface area contributed by atoms with Crippen LogP contribution < -0.4 is 4.90 Å². The lowest BCUT2D eigenvalue weighted by Crippen LogP contribution is -2.29. The summed E-state index contributed by atoms with van der Waals surface area (Å²) in [4.78, 5) is 2.55. The Bertz CT molecular complexity index is 1850. The molecular weight excluding hydrogens is 460 g/mol. The summed E-state index contributed by atoms with van der Waals surface area (Å²) >= 11 is 0. The minimum atomic E-state index is 0.235. The van der Waals surface area contributed by atoms with Crippen molar-refractivity contribution in [3.05, 3.63) is 145 Å². The topological polar surface area (TPSA) is 8.17 Å². The maximum absolute atomic E-state index is 2.55. The molecule has 1 aromatic heterocycles. The SMILES string of the molecule is C1=C2c3ccccc3N(c3cccc(-c4ccccc4)c3)C2CC(n2c3ccccc3c3ccccc32)=C1. The van der Waals surface area contributed by atoms with E-state index in [1.807, 2.05) is 0 Å². The maximum atomic E-state index is 2.55. The molecule has 0 saturated heterocycles. The van der Waals surface area contributed by atoms with Gasteiger partial charge in [0.2, 0.25) is 0 Å². The Hall–Kier alpha value is -4.82. The number of rotatable bonds is 3. The van der Waals surface area contributed by atoms with Crippen LogP contribution in [0.1, 0.15) is 12.0 Å². The molecule has 0 bridgehead atoms. The highest BCUT2D eigenvalue weighted by Crippen LogP contribution is 2.49. The van der Waals surface area contributed by atoms with Gasteiger partial charge < -0.3 is 9.47 Å². The lowest BCUT2D eigenvalue weighted by Gasteiger charge is -2.31. The summed E-state index contributed by atoms with van der Waals surface area (Å²) in [6.45, 7) is 0. The standard InChI is InChI=1S/C36H26N2/c1-2-11-25(12-3-1)26-13-10-14-27(23-26)38-35-20-9-6-17-31(35)32-22-21-28(24-36(32)38)37-33-18-7-4-15-29(33)30-16-5-8-19-34(30)37/h1-23,36H,24H2. The number of fused-ring (bicyclic) bond motifs is 6. The van der Waals surface area contributed by atoms with Crippen LogP contribution in [0, 0.1) is 0 Å². The van der Waals surface area contributed by atoms with Gasteiger partial charge in [-0.15, -0.1) is 0 Å². The monoisotopic (exact) mass is 486 g/mol. The number of nitrogens with zero attached hydrogens (tertiary/aromatic N) is 2. The zero-order chi connectivity index (χ0) is 25.1. The number of allylic oxidation sites excluding steroid dienone is 2. The van der Waals surface area contributed by atoms with E-state index in [1.165, 1.54) is 61.1 Å². The van der Waals surface area contributed by atoms with E-state index in [2.05, 4.69) is 149 Å². The van der Waals surface area contributed by atoms with Gasteiger partial charge in [-0.1, -0.05) is 103 Å². The number of hydrogen-bond acceptors (Lipinski definition) is 1.